The Morgan fingerprint density at radius 3 is 2.48 bits per heavy atom. The summed E-state index contributed by atoms with van der Waals surface area (Å²) in [5, 5.41) is 3.42. The average molecular weight is 438 g/mol. The van der Waals surface area contributed by atoms with Crippen LogP contribution in [0.1, 0.15) is 39.0 Å². The fourth-order valence-electron chi connectivity index (χ4n) is 3.02. The van der Waals surface area contributed by atoms with Gasteiger partial charge in [0.05, 0.1) is 0 Å². The topological polar surface area (TPSA) is 57.2 Å². The van der Waals surface area contributed by atoms with E-state index in [9.17, 15) is 4.79 Å². The number of nitrogens with one attached hydrogen (secondary N) is 1. The van der Waals surface area contributed by atoms with Gasteiger partial charge >= 0.3 is 0 Å². The molecule has 0 aromatic carbocycles. The minimum atomic E-state index is -0.196. The van der Waals surface area contributed by atoms with Crippen LogP contribution in [0.25, 0.3) is 0 Å². The number of halogens is 1. The third-order valence-electron chi connectivity index (χ3n) is 4.37. The molecular weight excluding hydrogens is 407 g/mol. The number of carbonyl (C=O) groups excluding carboxylic acids is 1. The summed E-state index contributed by atoms with van der Waals surface area (Å²) in [5.74, 6) is 1.13. The molecule has 0 aromatic heterocycles. The van der Waals surface area contributed by atoms with Crippen LogP contribution in [-0.4, -0.2) is 74.1 Å². The third-order valence-corrected chi connectivity index (χ3v) is 4.37. The van der Waals surface area contributed by atoms with Gasteiger partial charge in [0.25, 0.3) is 5.91 Å². The van der Waals surface area contributed by atoms with Crippen LogP contribution in [0.4, 0.5) is 0 Å². The first kappa shape index (κ1) is 20.5. The lowest BCUT2D eigenvalue weighted by molar-refractivity contribution is -0.142. The van der Waals surface area contributed by atoms with Crippen LogP contribution in [0.2, 0.25) is 0 Å². The second-order valence-corrected chi connectivity index (χ2v) is 6.00. The molecule has 6 nitrogen and oxygen atoms in total. The SMILES string of the molecule is CCCCCNC(=NC)N1CCN(C(=O)C2CCCO2)CC1.I. The van der Waals surface area contributed by atoms with E-state index in [1.165, 1.54) is 19.3 Å². The summed E-state index contributed by atoms with van der Waals surface area (Å²) in [6.07, 6.45) is 5.33. The van der Waals surface area contributed by atoms with Crippen LogP contribution in [0.15, 0.2) is 4.99 Å². The smallest absolute Gasteiger partial charge is 0.251 e. The van der Waals surface area contributed by atoms with Gasteiger partial charge in [-0.2, -0.15) is 0 Å². The highest BCUT2D eigenvalue weighted by molar-refractivity contribution is 14.0. The summed E-state index contributed by atoms with van der Waals surface area (Å²) < 4.78 is 5.50. The number of ether oxygens (including phenoxy) is 1. The molecule has 0 saturated carbocycles. The minimum Gasteiger partial charge on any atom is -0.368 e. The van der Waals surface area contributed by atoms with Gasteiger partial charge in [-0.15, -0.1) is 24.0 Å². The van der Waals surface area contributed by atoms with Gasteiger partial charge in [0, 0.05) is 46.4 Å². The van der Waals surface area contributed by atoms with E-state index in [4.69, 9.17) is 4.74 Å². The van der Waals surface area contributed by atoms with E-state index in [2.05, 4.69) is 22.1 Å². The molecule has 2 fully saturated rings. The zero-order chi connectivity index (χ0) is 15.8. The lowest BCUT2D eigenvalue weighted by Crippen LogP contribution is -2.55. The molecule has 2 aliphatic heterocycles. The number of hydrogen-bond donors (Lipinski definition) is 1. The van der Waals surface area contributed by atoms with Crippen molar-refractivity contribution in [2.75, 3.05) is 46.4 Å². The Labute approximate surface area is 157 Å². The number of guanidine groups is 1. The van der Waals surface area contributed by atoms with Gasteiger partial charge in [0.15, 0.2) is 5.96 Å². The average Bonchev–Trinajstić information content (AvgIpc) is 3.09. The minimum absolute atomic E-state index is 0. The first-order valence-electron chi connectivity index (χ1n) is 8.62. The zero-order valence-electron chi connectivity index (χ0n) is 14.4. The zero-order valence-corrected chi connectivity index (χ0v) is 16.8. The molecule has 1 atom stereocenters. The van der Waals surface area contributed by atoms with Crippen LogP contribution in [-0.2, 0) is 9.53 Å². The molecule has 2 aliphatic rings. The molecule has 2 rings (SSSR count). The predicted molar refractivity (Wildman–Crippen MR) is 103 cm³/mol. The van der Waals surface area contributed by atoms with E-state index >= 15 is 0 Å². The van der Waals surface area contributed by atoms with Gasteiger partial charge in [-0.25, -0.2) is 0 Å². The number of rotatable bonds is 5. The molecule has 1 amide bonds. The summed E-state index contributed by atoms with van der Waals surface area (Å²) in [5.41, 5.74) is 0. The monoisotopic (exact) mass is 438 g/mol. The molecule has 7 heteroatoms. The quantitative estimate of drug-likeness (QED) is 0.307. The summed E-state index contributed by atoms with van der Waals surface area (Å²) in [7, 11) is 1.83. The second-order valence-electron chi connectivity index (χ2n) is 6.00. The highest BCUT2D eigenvalue weighted by atomic mass is 127. The summed E-state index contributed by atoms with van der Waals surface area (Å²) in [4.78, 5) is 20.9. The fourth-order valence-corrected chi connectivity index (χ4v) is 3.02. The van der Waals surface area contributed by atoms with Crippen LogP contribution < -0.4 is 5.32 Å². The Balaban J connectivity index is 0.00000264. The van der Waals surface area contributed by atoms with Gasteiger partial charge in [-0.1, -0.05) is 19.8 Å². The molecule has 134 valence electrons. The lowest BCUT2D eigenvalue weighted by Gasteiger charge is -2.37. The van der Waals surface area contributed by atoms with Crippen molar-refractivity contribution < 1.29 is 9.53 Å². The van der Waals surface area contributed by atoms with Crippen molar-refractivity contribution in [1.82, 2.24) is 15.1 Å². The second kappa shape index (κ2) is 11.1. The molecule has 1 unspecified atom stereocenters. The molecule has 0 spiro atoms. The molecule has 0 aliphatic carbocycles. The van der Waals surface area contributed by atoms with E-state index < -0.39 is 0 Å². The van der Waals surface area contributed by atoms with Crippen molar-refractivity contribution in [2.24, 2.45) is 4.99 Å². The van der Waals surface area contributed by atoms with Crippen LogP contribution in [0.3, 0.4) is 0 Å². The number of hydrogen-bond acceptors (Lipinski definition) is 3. The van der Waals surface area contributed by atoms with Crippen molar-refractivity contribution in [2.45, 2.75) is 45.1 Å². The molecule has 0 radical (unpaired) electrons. The summed E-state index contributed by atoms with van der Waals surface area (Å²) >= 11 is 0. The van der Waals surface area contributed by atoms with Gasteiger partial charge in [-0.3, -0.25) is 9.79 Å². The van der Waals surface area contributed by atoms with E-state index in [0.29, 0.717) is 0 Å². The molecule has 23 heavy (non-hydrogen) atoms. The number of aliphatic imine (C=N–C) groups is 1. The number of unbranched alkanes of at least 4 members (excludes halogenated alkanes) is 2. The Morgan fingerprint density at radius 1 is 1.22 bits per heavy atom. The summed E-state index contributed by atoms with van der Waals surface area (Å²) in [6.45, 7) is 7.10. The highest BCUT2D eigenvalue weighted by Gasteiger charge is 2.30. The molecular formula is C16H31IN4O2. The van der Waals surface area contributed by atoms with Crippen molar-refractivity contribution in [3.8, 4) is 0 Å². The number of amides is 1. The van der Waals surface area contributed by atoms with Gasteiger partial charge in [0.2, 0.25) is 0 Å². The Bertz CT molecular complexity index is 378. The van der Waals surface area contributed by atoms with Crippen molar-refractivity contribution in [1.29, 1.82) is 0 Å². The molecule has 0 bridgehead atoms. The van der Waals surface area contributed by atoms with E-state index in [1.54, 1.807) is 0 Å². The van der Waals surface area contributed by atoms with Crippen molar-refractivity contribution >= 4 is 35.8 Å². The molecule has 2 saturated heterocycles. The van der Waals surface area contributed by atoms with Crippen LogP contribution in [0, 0.1) is 0 Å². The molecule has 2 heterocycles. The maximum Gasteiger partial charge on any atom is 0.251 e. The van der Waals surface area contributed by atoms with Gasteiger partial charge in [0.1, 0.15) is 6.10 Å². The Morgan fingerprint density at radius 2 is 1.91 bits per heavy atom. The van der Waals surface area contributed by atoms with Crippen molar-refractivity contribution in [3.63, 3.8) is 0 Å². The maximum atomic E-state index is 12.3. The normalized spacial score (nSPS) is 22.0. The fraction of sp³-hybridized carbons (Fsp3) is 0.875. The van der Waals surface area contributed by atoms with E-state index in [1.807, 2.05) is 11.9 Å². The predicted octanol–water partition coefficient (Wildman–Crippen LogP) is 1.69. The number of piperazine rings is 1. The molecule has 1 N–H and O–H groups in total. The first-order valence-corrected chi connectivity index (χ1v) is 8.62. The standard InChI is InChI=1S/C16H30N4O2.HI/c1-3-4-5-8-18-16(17-2)20-11-9-19(10-12-20)15(21)14-7-6-13-22-14;/h14H,3-13H2,1-2H3,(H,17,18);1H. The highest BCUT2D eigenvalue weighted by Crippen LogP contribution is 2.16. The van der Waals surface area contributed by atoms with E-state index in [-0.39, 0.29) is 36.0 Å². The van der Waals surface area contributed by atoms with Crippen LogP contribution >= 0.6 is 24.0 Å². The third kappa shape index (κ3) is 6.10. The van der Waals surface area contributed by atoms with Crippen LogP contribution in [0.5, 0.6) is 0 Å². The maximum absolute atomic E-state index is 12.3. The lowest BCUT2D eigenvalue weighted by atomic mass is 10.2. The van der Waals surface area contributed by atoms with Gasteiger partial charge in [-0.05, 0) is 19.3 Å². The number of carbonyl (C=O) groups is 1. The Hall–Kier alpha value is -0.570. The van der Waals surface area contributed by atoms with Gasteiger partial charge < -0.3 is 19.9 Å². The summed E-state index contributed by atoms with van der Waals surface area (Å²) in [6, 6.07) is 0. The Kier molecular flexibility index (Phi) is 9.85. The number of nitrogens with zero attached hydrogens (tertiary/aromatic N) is 3. The van der Waals surface area contributed by atoms with Crippen molar-refractivity contribution in [3.05, 3.63) is 0 Å². The first-order chi connectivity index (χ1) is 10.8. The van der Waals surface area contributed by atoms with E-state index in [0.717, 1.165) is 58.1 Å². The molecule has 0 aromatic rings. The largest absolute Gasteiger partial charge is 0.368 e.